The molecule has 3 aromatic heterocycles. The summed E-state index contributed by atoms with van der Waals surface area (Å²) in [5, 5.41) is 0.999. The van der Waals surface area contributed by atoms with Crippen LogP contribution in [0.4, 0.5) is 22.0 Å². The van der Waals surface area contributed by atoms with Crippen LogP contribution in [0.25, 0.3) is 21.9 Å². The number of halogens is 5. The van der Waals surface area contributed by atoms with Crippen molar-refractivity contribution in [3.05, 3.63) is 57.5 Å². The van der Waals surface area contributed by atoms with Crippen molar-refractivity contribution >= 4 is 46.4 Å². The number of nitrogens with one attached hydrogen (secondary N) is 2. The molecule has 1 aromatic carbocycles. The van der Waals surface area contributed by atoms with E-state index in [1.165, 1.54) is 13.3 Å². The molecule has 0 amide bonds. The maximum absolute atomic E-state index is 12.5. The van der Waals surface area contributed by atoms with Crippen molar-refractivity contribution in [1.29, 1.82) is 0 Å². The average Bonchev–Trinajstić information content (AvgIpc) is 2.80. The molecule has 0 aliphatic carbocycles. The van der Waals surface area contributed by atoms with Crippen LogP contribution in [-0.4, -0.2) is 32.0 Å². The van der Waals surface area contributed by atoms with Crippen LogP contribution in [0.5, 0.6) is 5.75 Å². The zero-order chi connectivity index (χ0) is 24.8. The molecule has 4 rings (SSSR count). The number of fused-ring (bicyclic) bond motifs is 2. The lowest BCUT2D eigenvalue weighted by Gasteiger charge is -2.06. The van der Waals surface area contributed by atoms with Gasteiger partial charge in [-0.2, -0.15) is 13.2 Å². The molecule has 6 nitrogen and oxygen atoms in total. The number of rotatable bonds is 2. The molecule has 0 saturated carbocycles. The zero-order valence-corrected chi connectivity index (χ0v) is 19.1. The van der Waals surface area contributed by atoms with E-state index >= 15 is 0 Å². The fourth-order valence-electron chi connectivity index (χ4n) is 2.49. The van der Waals surface area contributed by atoms with Crippen LogP contribution in [0, 0.1) is 9.28 Å². The van der Waals surface area contributed by atoms with Crippen LogP contribution in [-0.2, 0) is 6.18 Å². The van der Waals surface area contributed by atoms with E-state index in [4.69, 9.17) is 29.2 Å². The van der Waals surface area contributed by atoms with Crippen molar-refractivity contribution in [2.24, 2.45) is 0 Å². The van der Waals surface area contributed by atoms with Gasteiger partial charge in [-0.05, 0) is 30.3 Å². The number of benzene rings is 1. The predicted octanol–water partition coefficient (Wildman–Crippen LogP) is 6.97. The van der Waals surface area contributed by atoms with Crippen molar-refractivity contribution in [1.82, 2.24) is 24.9 Å². The quantitative estimate of drug-likeness (QED) is 0.227. The standard InChI is InChI=1S/C10H8F2N2OS.C8H4F3N3S.C2H6/c1-15-5-2-3-7-6(4-5)10(16)14-9(13-7)8(11)12;9-8(10,11)7-13-5-4(6(15)14-7)2-1-3-12-5;1-2/h2-4,8H,1H3,(H,13,14,16);1-3H,(H,12,13,14,15);1-2H3. The number of methoxy groups -OCH3 is 1. The van der Waals surface area contributed by atoms with Gasteiger partial charge >= 0.3 is 6.18 Å². The topological polar surface area (TPSA) is 79.5 Å². The Kier molecular flexibility index (Phi) is 8.88. The van der Waals surface area contributed by atoms with Gasteiger partial charge < -0.3 is 14.7 Å². The van der Waals surface area contributed by atoms with Gasteiger partial charge in [-0.1, -0.05) is 38.3 Å². The summed E-state index contributed by atoms with van der Waals surface area (Å²) in [5.74, 6) is -0.931. The molecule has 0 saturated heterocycles. The molecule has 176 valence electrons. The number of aromatic nitrogens is 5. The highest BCUT2D eigenvalue weighted by Gasteiger charge is 2.34. The molecule has 0 aliphatic heterocycles. The lowest BCUT2D eigenvalue weighted by Crippen LogP contribution is -2.11. The van der Waals surface area contributed by atoms with E-state index in [2.05, 4.69) is 24.9 Å². The maximum Gasteiger partial charge on any atom is 0.449 e. The molecule has 0 atom stereocenters. The number of pyridine rings is 1. The lowest BCUT2D eigenvalue weighted by molar-refractivity contribution is -0.144. The third-order valence-electron chi connectivity index (χ3n) is 3.91. The van der Waals surface area contributed by atoms with Gasteiger partial charge in [-0.3, -0.25) is 0 Å². The van der Waals surface area contributed by atoms with E-state index in [-0.39, 0.29) is 14.9 Å². The van der Waals surface area contributed by atoms with Crippen molar-refractivity contribution in [3.8, 4) is 5.75 Å². The van der Waals surface area contributed by atoms with Gasteiger partial charge in [0.1, 0.15) is 20.7 Å². The summed E-state index contributed by atoms with van der Waals surface area (Å²) in [5.41, 5.74) is 0.612. The second kappa shape index (κ2) is 11.2. The van der Waals surface area contributed by atoms with Crippen molar-refractivity contribution in [2.45, 2.75) is 26.4 Å². The second-order valence-corrected chi connectivity index (χ2v) is 6.70. The normalized spacial score (nSPS) is 10.9. The Morgan fingerprint density at radius 3 is 2.24 bits per heavy atom. The molecule has 0 bridgehead atoms. The highest BCUT2D eigenvalue weighted by Crippen LogP contribution is 2.27. The summed E-state index contributed by atoms with van der Waals surface area (Å²) in [7, 11) is 1.52. The van der Waals surface area contributed by atoms with E-state index in [9.17, 15) is 22.0 Å². The van der Waals surface area contributed by atoms with E-state index in [1.807, 2.05) is 13.8 Å². The minimum Gasteiger partial charge on any atom is -0.497 e. The first-order valence-corrected chi connectivity index (χ1v) is 10.2. The van der Waals surface area contributed by atoms with E-state index in [1.54, 1.807) is 30.3 Å². The highest BCUT2D eigenvalue weighted by atomic mass is 32.1. The van der Waals surface area contributed by atoms with Crippen LogP contribution < -0.4 is 4.74 Å². The molecule has 0 spiro atoms. The zero-order valence-electron chi connectivity index (χ0n) is 17.5. The Morgan fingerprint density at radius 1 is 0.970 bits per heavy atom. The monoisotopic (exact) mass is 503 g/mol. The maximum atomic E-state index is 12.5. The first-order valence-electron chi connectivity index (χ1n) is 9.38. The Morgan fingerprint density at radius 2 is 1.64 bits per heavy atom. The Labute approximate surface area is 194 Å². The van der Waals surface area contributed by atoms with Crippen molar-refractivity contribution in [2.75, 3.05) is 7.11 Å². The van der Waals surface area contributed by atoms with Gasteiger partial charge in [0, 0.05) is 11.6 Å². The first-order chi connectivity index (χ1) is 15.6. The largest absolute Gasteiger partial charge is 0.497 e. The van der Waals surface area contributed by atoms with E-state index in [0.717, 1.165) is 0 Å². The summed E-state index contributed by atoms with van der Waals surface area (Å²) in [6.45, 7) is 4.00. The summed E-state index contributed by atoms with van der Waals surface area (Å²) in [6.07, 6.45) is -5.82. The minimum atomic E-state index is -4.54. The Hall–Kier alpha value is -3.06. The smallest absolute Gasteiger partial charge is 0.449 e. The van der Waals surface area contributed by atoms with Gasteiger partial charge in [0.25, 0.3) is 6.43 Å². The number of H-pyrrole nitrogens is 2. The fraction of sp³-hybridized carbons (Fsp3) is 0.250. The SMILES string of the molecule is CC.COc1ccc2[nH]c(C(F)F)nc(=S)c2c1.FC(F)(F)c1nc(=S)c2cccnc2[nH]1. The molecule has 0 unspecified atom stereocenters. The van der Waals surface area contributed by atoms with Gasteiger partial charge in [-0.25, -0.2) is 23.7 Å². The number of hydrogen-bond acceptors (Lipinski definition) is 6. The number of aromatic amines is 2. The van der Waals surface area contributed by atoms with Crippen LogP contribution in [0.15, 0.2) is 36.5 Å². The van der Waals surface area contributed by atoms with Crippen LogP contribution in [0.1, 0.15) is 31.9 Å². The predicted molar refractivity (Wildman–Crippen MR) is 120 cm³/mol. The number of ether oxygens (including phenoxy) is 1. The summed E-state index contributed by atoms with van der Waals surface area (Å²) in [4.78, 5) is 15.3. The second-order valence-electron chi connectivity index (χ2n) is 5.93. The molecule has 0 fully saturated rings. The molecule has 13 heteroatoms. The number of alkyl halides is 5. The molecule has 3 heterocycles. The third-order valence-corrected chi connectivity index (χ3v) is 4.53. The van der Waals surface area contributed by atoms with Crippen LogP contribution >= 0.6 is 24.4 Å². The molecular formula is C20H18F5N5OS2. The van der Waals surface area contributed by atoms with Gasteiger partial charge in [0.05, 0.1) is 18.0 Å². The molecule has 2 N–H and O–H groups in total. The third kappa shape index (κ3) is 6.48. The number of nitrogens with zero attached hydrogens (tertiary/aromatic N) is 3. The van der Waals surface area contributed by atoms with Gasteiger partial charge in [0.15, 0.2) is 5.82 Å². The molecule has 0 aliphatic rings. The summed E-state index contributed by atoms with van der Waals surface area (Å²) >= 11 is 9.69. The van der Waals surface area contributed by atoms with E-state index < -0.39 is 24.3 Å². The Balaban J connectivity index is 0.000000218. The van der Waals surface area contributed by atoms with E-state index in [0.29, 0.717) is 22.0 Å². The Bertz CT molecular complexity index is 1350. The van der Waals surface area contributed by atoms with Crippen LogP contribution in [0.3, 0.4) is 0 Å². The first kappa shape index (κ1) is 26.2. The lowest BCUT2D eigenvalue weighted by atomic mass is 10.2. The number of hydrogen-bond donors (Lipinski definition) is 2. The molecule has 33 heavy (non-hydrogen) atoms. The molecular weight excluding hydrogens is 485 g/mol. The fourth-order valence-corrected chi connectivity index (χ4v) is 3.01. The minimum absolute atomic E-state index is 0.0878. The average molecular weight is 504 g/mol. The summed E-state index contributed by atoms with van der Waals surface area (Å²) in [6, 6.07) is 8.12. The molecule has 0 radical (unpaired) electrons. The molecule has 4 aromatic rings. The van der Waals surface area contributed by atoms with Gasteiger partial charge in [0.2, 0.25) is 5.82 Å². The van der Waals surface area contributed by atoms with Crippen molar-refractivity contribution < 1.29 is 26.7 Å². The van der Waals surface area contributed by atoms with Gasteiger partial charge in [-0.15, -0.1) is 0 Å². The van der Waals surface area contributed by atoms with Crippen molar-refractivity contribution in [3.63, 3.8) is 0 Å². The summed E-state index contributed by atoms with van der Waals surface area (Å²) < 4.78 is 66.9. The van der Waals surface area contributed by atoms with Crippen LogP contribution in [0.2, 0.25) is 0 Å². The highest BCUT2D eigenvalue weighted by molar-refractivity contribution is 7.71.